The lowest BCUT2D eigenvalue weighted by Crippen LogP contribution is -2.41. The van der Waals surface area contributed by atoms with Crippen LogP contribution in [0, 0.1) is 17.2 Å². The Balaban J connectivity index is 2.54. The Hall–Kier alpha value is -2.53. The standard InChI is InChI=1S/C27H32F6N2/c1-18(2)25(17-34,24-22(26(28,29)30)12-9-13-23(24)27(31,32)33)15-14-20(5)35(19(3)4)16-21-10-7-6-8-11-21/h6-13,18-20H,14-16H2,1-5H3. The van der Waals surface area contributed by atoms with E-state index in [1.807, 2.05) is 57.2 Å². The first kappa shape index (κ1) is 28.7. The molecule has 0 fully saturated rings. The fourth-order valence-corrected chi connectivity index (χ4v) is 4.69. The van der Waals surface area contributed by atoms with E-state index in [1.165, 1.54) is 13.8 Å². The van der Waals surface area contributed by atoms with Gasteiger partial charge in [0.2, 0.25) is 0 Å². The van der Waals surface area contributed by atoms with Crippen molar-refractivity contribution in [3.05, 3.63) is 70.8 Å². The highest BCUT2D eigenvalue weighted by atomic mass is 19.4. The number of hydrogen-bond donors (Lipinski definition) is 0. The summed E-state index contributed by atoms with van der Waals surface area (Å²) < 4.78 is 83.6. The topological polar surface area (TPSA) is 27.0 Å². The summed E-state index contributed by atoms with van der Waals surface area (Å²) in [6, 6.07) is 13.5. The van der Waals surface area contributed by atoms with Crippen molar-refractivity contribution in [1.82, 2.24) is 4.90 Å². The van der Waals surface area contributed by atoms with Crippen LogP contribution in [0.3, 0.4) is 0 Å². The second-order valence-electron chi connectivity index (χ2n) is 9.60. The molecule has 192 valence electrons. The van der Waals surface area contributed by atoms with Gasteiger partial charge in [-0.3, -0.25) is 4.90 Å². The molecule has 0 N–H and O–H groups in total. The zero-order valence-electron chi connectivity index (χ0n) is 20.6. The zero-order valence-corrected chi connectivity index (χ0v) is 20.6. The average molecular weight is 499 g/mol. The van der Waals surface area contributed by atoms with Crippen LogP contribution in [0.1, 0.15) is 69.7 Å². The summed E-state index contributed by atoms with van der Waals surface area (Å²) in [5, 5.41) is 10.2. The molecule has 0 bridgehead atoms. The first-order chi connectivity index (χ1) is 16.1. The molecular formula is C27H32F6N2. The molecule has 2 nitrogen and oxygen atoms in total. The minimum absolute atomic E-state index is 0.0777. The van der Waals surface area contributed by atoms with E-state index >= 15 is 0 Å². The summed E-state index contributed by atoms with van der Waals surface area (Å²) in [6.07, 6.45) is -9.95. The summed E-state index contributed by atoms with van der Waals surface area (Å²) in [5.41, 5.74) is -4.70. The lowest BCUT2D eigenvalue weighted by Gasteiger charge is -2.39. The van der Waals surface area contributed by atoms with Crippen LogP contribution in [0.2, 0.25) is 0 Å². The van der Waals surface area contributed by atoms with Crippen molar-refractivity contribution < 1.29 is 26.3 Å². The van der Waals surface area contributed by atoms with E-state index in [0.717, 1.165) is 11.6 Å². The highest BCUT2D eigenvalue weighted by Gasteiger charge is 2.49. The third-order valence-corrected chi connectivity index (χ3v) is 6.70. The third kappa shape index (κ3) is 6.58. The summed E-state index contributed by atoms with van der Waals surface area (Å²) in [7, 11) is 0. The SMILES string of the molecule is CC(C)N(Cc1ccccc1)C(C)CCC(C#N)(c1c(C(F)(F)F)cccc1C(F)(F)F)C(C)C. The van der Waals surface area contributed by atoms with Gasteiger partial charge in [-0.25, -0.2) is 0 Å². The molecule has 2 rings (SSSR count). The number of halogens is 6. The molecule has 35 heavy (non-hydrogen) atoms. The van der Waals surface area contributed by atoms with Crippen molar-refractivity contribution in [2.24, 2.45) is 5.92 Å². The van der Waals surface area contributed by atoms with Gasteiger partial charge in [-0.15, -0.1) is 0 Å². The lowest BCUT2D eigenvalue weighted by molar-refractivity contribution is -0.145. The number of alkyl halides is 6. The molecule has 0 saturated carbocycles. The van der Waals surface area contributed by atoms with E-state index in [0.29, 0.717) is 18.7 Å². The summed E-state index contributed by atoms with van der Waals surface area (Å²) in [5.74, 6) is -0.786. The van der Waals surface area contributed by atoms with Crippen molar-refractivity contribution in [1.29, 1.82) is 5.26 Å². The van der Waals surface area contributed by atoms with Crippen molar-refractivity contribution >= 4 is 0 Å². The molecule has 2 aromatic rings. The van der Waals surface area contributed by atoms with Crippen LogP contribution in [-0.4, -0.2) is 17.0 Å². The molecule has 8 heteroatoms. The van der Waals surface area contributed by atoms with E-state index in [4.69, 9.17) is 0 Å². The number of benzene rings is 2. The highest BCUT2D eigenvalue weighted by molar-refractivity contribution is 5.48. The maximum atomic E-state index is 13.9. The van der Waals surface area contributed by atoms with E-state index < -0.39 is 40.4 Å². The van der Waals surface area contributed by atoms with Crippen molar-refractivity contribution in [3.63, 3.8) is 0 Å². The summed E-state index contributed by atoms with van der Waals surface area (Å²) >= 11 is 0. The Morgan fingerprint density at radius 2 is 1.31 bits per heavy atom. The van der Waals surface area contributed by atoms with Crippen molar-refractivity contribution in [3.8, 4) is 6.07 Å². The van der Waals surface area contributed by atoms with Crippen molar-refractivity contribution in [2.75, 3.05) is 0 Å². The molecule has 2 aromatic carbocycles. The first-order valence-electron chi connectivity index (χ1n) is 11.6. The van der Waals surface area contributed by atoms with E-state index in [9.17, 15) is 31.6 Å². The molecule has 0 spiro atoms. The number of nitrogens with zero attached hydrogens (tertiary/aromatic N) is 2. The van der Waals surface area contributed by atoms with Gasteiger partial charge in [-0.2, -0.15) is 31.6 Å². The Kier molecular flexibility index (Phi) is 9.05. The Labute approximate surface area is 203 Å². The highest BCUT2D eigenvalue weighted by Crippen LogP contribution is 2.49. The maximum absolute atomic E-state index is 13.9. The predicted octanol–water partition coefficient (Wildman–Crippen LogP) is 8.22. The minimum atomic E-state index is -5.03. The van der Waals surface area contributed by atoms with Crippen LogP contribution in [0.15, 0.2) is 48.5 Å². The normalized spacial score (nSPS) is 15.3. The summed E-state index contributed by atoms with van der Waals surface area (Å²) in [6.45, 7) is 9.45. The molecular weight excluding hydrogens is 466 g/mol. The predicted molar refractivity (Wildman–Crippen MR) is 124 cm³/mol. The fourth-order valence-electron chi connectivity index (χ4n) is 4.69. The first-order valence-corrected chi connectivity index (χ1v) is 11.6. The molecule has 0 amide bonds. The summed E-state index contributed by atoms with van der Waals surface area (Å²) in [4.78, 5) is 2.14. The van der Waals surface area contributed by atoms with Gasteiger partial charge in [-0.05, 0) is 62.8 Å². The molecule has 0 heterocycles. The van der Waals surface area contributed by atoms with Crippen molar-refractivity contribution in [2.45, 2.75) is 83.9 Å². The van der Waals surface area contributed by atoms with E-state index in [2.05, 4.69) is 4.90 Å². The fraction of sp³-hybridized carbons (Fsp3) is 0.519. The van der Waals surface area contributed by atoms with Gasteiger partial charge >= 0.3 is 12.4 Å². The van der Waals surface area contributed by atoms with Crippen LogP contribution in [-0.2, 0) is 24.3 Å². The van der Waals surface area contributed by atoms with Gasteiger partial charge in [0, 0.05) is 18.6 Å². The second kappa shape index (κ2) is 11.0. The molecule has 0 aliphatic rings. The van der Waals surface area contributed by atoms with Gasteiger partial charge in [-0.1, -0.05) is 50.2 Å². The Morgan fingerprint density at radius 3 is 1.71 bits per heavy atom. The molecule has 0 aromatic heterocycles. The largest absolute Gasteiger partial charge is 0.416 e. The third-order valence-electron chi connectivity index (χ3n) is 6.70. The maximum Gasteiger partial charge on any atom is 0.416 e. The van der Waals surface area contributed by atoms with Crippen LogP contribution < -0.4 is 0 Å². The van der Waals surface area contributed by atoms with Crippen LogP contribution in [0.4, 0.5) is 26.3 Å². The van der Waals surface area contributed by atoms with Gasteiger partial charge in [0.1, 0.15) is 0 Å². The molecule has 0 aliphatic carbocycles. The van der Waals surface area contributed by atoms with Crippen LogP contribution in [0.5, 0.6) is 0 Å². The lowest BCUT2D eigenvalue weighted by atomic mass is 9.66. The Bertz CT molecular complexity index is 973. The smallest absolute Gasteiger partial charge is 0.294 e. The van der Waals surface area contributed by atoms with E-state index in [-0.39, 0.29) is 24.9 Å². The average Bonchev–Trinajstić information content (AvgIpc) is 2.77. The minimum Gasteiger partial charge on any atom is -0.294 e. The van der Waals surface area contributed by atoms with Gasteiger partial charge in [0.05, 0.1) is 22.6 Å². The second-order valence-corrected chi connectivity index (χ2v) is 9.60. The zero-order chi connectivity index (χ0) is 26.6. The monoisotopic (exact) mass is 498 g/mol. The van der Waals surface area contributed by atoms with Crippen LogP contribution in [0.25, 0.3) is 0 Å². The quantitative estimate of drug-likeness (QED) is 0.326. The molecule has 2 unspecified atom stereocenters. The van der Waals surface area contributed by atoms with Gasteiger partial charge < -0.3 is 0 Å². The molecule has 0 aliphatic heterocycles. The van der Waals surface area contributed by atoms with E-state index in [1.54, 1.807) is 0 Å². The van der Waals surface area contributed by atoms with Crippen LogP contribution >= 0.6 is 0 Å². The Morgan fingerprint density at radius 1 is 0.800 bits per heavy atom. The number of rotatable bonds is 9. The van der Waals surface area contributed by atoms with Gasteiger partial charge in [0.15, 0.2) is 0 Å². The number of nitriles is 1. The number of hydrogen-bond acceptors (Lipinski definition) is 2. The van der Waals surface area contributed by atoms with Gasteiger partial charge in [0.25, 0.3) is 0 Å². The molecule has 0 radical (unpaired) electrons. The molecule has 2 atom stereocenters. The molecule has 0 saturated heterocycles.